The Bertz CT molecular complexity index is 150. The van der Waals surface area contributed by atoms with E-state index in [4.69, 9.17) is 0 Å². The van der Waals surface area contributed by atoms with Gasteiger partial charge in [-0.2, -0.15) is 0 Å². The Labute approximate surface area is 56.9 Å². The zero-order chi connectivity index (χ0) is 7.98. The van der Waals surface area contributed by atoms with Gasteiger partial charge in [0.15, 0.2) is 6.61 Å². The van der Waals surface area contributed by atoms with Crippen molar-refractivity contribution in [2.75, 3.05) is 13.7 Å². The number of carbonyl (C=O) groups is 3. The molecule has 56 valence electrons. The van der Waals surface area contributed by atoms with Crippen LogP contribution < -0.4 is 0 Å². The summed E-state index contributed by atoms with van der Waals surface area (Å²) in [6.45, 7) is -0.520. The number of hydrogen-bond donors (Lipinski definition) is 0. The van der Waals surface area contributed by atoms with E-state index in [0.29, 0.717) is 0 Å². The normalized spacial score (nSPS) is 8.10. The summed E-state index contributed by atoms with van der Waals surface area (Å²) in [7, 11) is 1.15. The molecule has 0 unspecified atom stereocenters. The third-order valence-corrected chi connectivity index (χ3v) is 0.656. The number of rotatable bonds is 3. The van der Waals surface area contributed by atoms with Gasteiger partial charge in [0.1, 0.15) is 0 Å². The lowest BCUT2D eigenvalue weighted by Gasteiger charge is -1.96. The van der Waals surface area contributed by atoms with Crippen LogP contribution in [0.25, 0.3) is 0 Å². The highest BCUT2D eigenvalue weighted by molar-refractivity contribution is 6.20. The van der Waals surface area contributed by atoms with Crippen LogP contribution in [0.1, 0.15) is 0 Å². The van der Waals surface area contributed by atoms with Gasteiger partial charge < -0.3 is 9.47 Å². The fourth-order valence-electron chi connectivity index (χ4n) is 0.223. The minimum Gasteiger partial charge on any atom is -0.466 e. The zero-order valence-electron chi connectivity index (χ0n) is 5.33. The minimum absolute atomic E-state index is 0.0249. The molecule has 0 aliphatic carbocycles. The van der Waals surface area contributed by atoms with E-state index in [0.717, 1.165) is 7.11 Å². The number of esters is 2. The second-order valence-electron chi connectivity index (χ2n) is 1.30. The van der Waals surface area contributed by atoms with Gasteiger partial charge in [0.2, 0.25) is 6.29 Å². The molecule has 0 amide bonds. The average Bonchev–Trinajstić information content (AvgIpc) is 1.99. The molecule has 0 bridgehead atoms. The van der Waals surface area contributed by atoms with E-state index in [1.54, 1.807) is 0 Å². The van der Waals surface area contributed by atoms with Gasteiger partial charge in [-0.3, -0.25) is 4.79 Å². The zero-order valence-corrected chi connectivity index (χ0v) is 5.33. The van der Waals surface area contributed by atoms with Gasteiger partial charge in [-0.05, 0) is 0 Å². The molecule has 0 N–H and O–H groups in total. The third-order valence-electron chi connectivity index (χ3n) is 0.656. The van der Waals surface area contributed by atoms with E-state index in [2.05, 4.69) is 9.47 Å². The average molecular weight is 146 g/mol. The van der Waals surface area contributed by atoms with E-state index < -0.39 is 18.5 Å². The molecule has 10 heavy (non-hydrogen) atoms. The second-order valence-corrected chi connectivity index (χ2v) is 1.30. The molecule has 0 heterocycles. The van der Waals surface area contributed by atoms with Gasteiger partial charge >= 0.3 is 11.9 Å². The van der Waals surface area contributed by atoms with Crippen LogP contribution in [-0.2, 0) is 23.9 Å². The summed E-state index contributed by atoms with van der Waals surface area (Å²) in [6, 6.07) is 0. The summed E-state index contributed by atoms with van der Waals surface area (Å²) in [4.78, 5) is 29.8. The first-order valence-corrected chi connectivity index (χ1v) is 2.39. The second kappa shape index (κ2) is 4.49. The van der Waals surface area contributed by atoms with Crippen LogP contribution >= 0.6 is 0 Å². The van der Waals surface area contributed by atoms with Crippen LogP contribution in [0, 0.1) is 0 Å². The molecule has 0 aliphatic rings. The molecular formula is C5H6O5. The van der Waals surface area contributed by atoms with Crippen molar-refractivity contribution in [3.05, 3.63) is 0 Å². The molecule has 0 aromatic heterocycles. The van der Waals surface area contributed by atoms with Crippen LogP contribution in [0.2, 0.25) is 0 Å². The van der Waals surface area contributed by atoms with Crippen LogP contribution in [0.15, 0.2) is 0 Å². The Morgan fingerprint density at radius 1 is 1.50 bits per heavy atom. The van der Waals surface area contributed by atoms with Crippen LogP contribution in [0.5, 0.6) is 0 Å². The first-order valence-electron chi connectivity index (χ1n) is 2.39. The van der Waals surface area contributed by atoms with Gasteiger partial charge in [0, 0.05) is 0 Å². The van der Waals surface area contributed by atoms with Gasteiger partial charge in [0.25, 0.3) is 0 Å². The summed E-state index contributed by atoms with van der Waals surface area (Å²) < 4.78 is 8.18. The molecule has 5 nitrogen and oxygen atoms in total. The molecule has 0 spiro atoms. The van der Waals surface area contributed by atoms with E-state index in [9.17, 15) is 14.4 Å². The fraction of sp³-hybridized carbons (Fsp3) is 0.400. The van der Waals surface area contributed by atoms with Crippen molar-refractivity contribution in [1.82, 2.24) is 0 Å². The largest absolute Gasteiger partial charge is 0.466 e. The van der Waals surface area contributed by atoms with Crippen molar-refractivity contribution < 1.29 is 23.9 Å². The van der Waals surface area contributed by atoms with E-state index in [1.807, 2.05) is 0 Å². The Hall–Kier alpha value is -1.39. The fourth-order valence-corrected chi connectivity index (χ4v) is 0.223. The van der Waals surface area contributed by atoms with Crippen LogP contribution in [0.4, 0.5) is 0 Å². The van der Waals surface area contributed by atoms with E-state index in [1.165, 1.54) is 0 Å². The molecule has 0 aromatic carbocycles. The predicted molar refractivity (Wildman–Crippen MR) is 29.0 cm³/mol. The molecule has 0 aliphatic heterocycles. The number of ether oxygens (including phenoxy) is 2. The highest BCUT2D eigenvalue weighted by atomic mass is 16.6. The van der Waals surface area contributed by atoms with Crippen LogP contribution in [0.3, 0.4) is 0 Å². The molecule has 0 saturated heterocycles. The highest BCUT2D eigenvalue weighted by Gasteiger charge is 2.04. The third kappa shape index (κ3) is 3.59. The Morgan fingerprint density at radius 2 is 2.10 bits per heavy atom. The molecule has 0 fully saturated rings. The number of carbonyl (C=O) groups excluding carboxylic acids is 3. The Balaban J connectivity index is 3.44. The number of methoxy groups -OCH3 is 1. The lowest BCUT2D eigenvalue weighted by Crippen LogP contribution is -2.15. The predicted octanol–water partition coefficient (Wildman–Crippen LogP) is -1.10. The lowest BCUT2D eigenvalue weighted by molar-refractivity contribution is -0.158. The molecule has 0 rings (SSSR count). The van der Waals surface area contributed by atoms with Crippen molar-refractivity contribution in [2.24, 2.45) is 0 Å². The maximum Gasteiger partial charge on any atom is 0.371 e. The van der Waals surface area contributed by atoms with Crippen molar-refractivity contribution >= 4 is 18.2 Å². The van der Waals surface area contributed by atoms with Gasteiger partial charge in [-0.15, -0.1) is 0 Å². The maximum atomic E-state index is 10.2. The van der Waals surface area contributed by atoms with E-state index >= 15 is 0 Å². The summed E-state index contributed by atoms with van der Waals surface area (Å²) in [5, 5.41) is 0. The monoisotopic (exact) mass is 146 g/mol. The van der Waals surface area contributed by atoms with Gasteiger partial charge in [0.05, 0.1) is 7.11 Å². The number of hydrogen-bond acceptors (Lipinski definition) is 5. The molecule has 0 aromatic rings. The van der Waals surface area contributed by atoms with Crippen molar-refractivity contribution in [1.29, 1.82) is 0 Å². The summed E-state index contributed by atoms with van der Waals surface area (Å²) >= 11 is 0. The molecule has 0 atom stereocenters. The Morgan fingerprint density at radius 3 is 2.50 bits per heavy atom. The standard InChI is InChI=1S/C5H6O5/c1-9-5(8)3-10-4(7)2-6/h2H,3H2,1H3. The SMILES string of the molecule is COC(=O)COC(=O)C=O. The quantitative estimate of drug-likeness (QED) is 0.287. The molecule has 0 saturated carbocycles. The van der Waals surface area contributed by atoms with Crippen molar-refractivity contribution in [2.45, 2.75) is 0 Å². The maximum absolute atomic E-state index is 10.2. The van der Waals surface area contributed by atoms with E-state index in [-0.39, 0.29) is 6.29 Å². The lowest BCUT2D eigenvalue weighted by atomic mass is 10.7. The van der Waals surface area contributed by atoms with Gasteiger partial charge in [-0.1, -0.05) is 0 Å². The van der Waals surface area contributed by atoms with Crippen LogP contribution in [-0.4, -0.2) is 31.9 Å². The smallest absolute Gasteiger partial charge is 0.371 e. The topological polar surface area (TPSA) is 69.7 Å². The Kier molecular flexibility index (Phi) is 3.86. The van der Waals surface area contributed by atoms with Crippen molar-refractivity contribution in [3.8, 4) is 0 Å². The minimum atomic E-state index is -1.08. The summed E-state index contributed by atoms with van der Waals surface area (Å²) in [5.74, 6) is -1.78. The first-order chi connectivity index (χ1) is 4.70. The van der Waals surface area contributed by atoms with Gasteiger partial charge in [-0.25, -0.2) is 9.59 Å². The molecule has 5 heteroatoms. The highest BCUT2D eigenvalue weighted by Crippen LogP contribution is 1.77. The summed E-state index contributed by atoms with van der Waals surface area (Å²) in [6.07, 6.45) is -0.0249. The first kappa shape index (κ1) is 8.61. The molecular weight excluding hydrogens is 140 g/mol. The number of aldehydes is 1. The van der Waals surface area contributed by atoms with Crippen molar-refractivity contribution in [3.63, 3.8) is 0 Å². The molecule has 0 radical (unpaired) electrons. The summed E-state index contributed by atoms with van der Waals surface area (Å²) in [5.41, 5.74) is 0.